The monoisotopic (exact) mass is 234 g/mol. The van der Waals surface area contributed by atoms with Gasteiger partial charge in [-0.05, 0) is 6.92 Å². The van der Waals surface area contributed by atoms with Crippen LogP contribution in [0.4, 0.5) is 4.79 Å². The van der Waals surface area contributed by atoms with Crippen molar-refractivity contribution in [3.8, 4) is 0 Å². The molecule has 0 aromatic carbocycles. The maximum Gasteiger partial charge on any atom is 0.337 e. The number of ether oxygens (including phenoxy) is 1. The normalized spacial score (nSPS) is 14.0. The molecule has 0 aliphatic carbocycles. The Hall–Kier alpha value is -1.34. The van der Waals surface area contributed by atoms with Gasteiger partial charge >= 0.3 is 12.0 Å². The number of urea groups is 1. The second-order valence-corrected chi connectivity index (χ2v) is 3.65. The average molecular weight is 234 g/mol. The van der Waals surface area contributed by atoms with E-state index < -0.39 is 17.6 Å². The summed E-state index contributed by atoms with van der Waals surface area (Å²) < 4.78 is 4.78. The van der Waals surface area contributed by atoms with Crippen molar-refractivity contribution in [2.24, 2.45) is 0 Å². The van der Waals surface area contributed by atoms with Crippen molar-refractivity contribution in [2.45, 2.75) is 12.5 Å². The minimum absolute atomic E-state index is 0.349. The molecule has 0 aromatic rings. The number of nitrogens with zero attached hydrogens (tertiary/aromatic N) is 1. The van der Waals surface area contributed by atoms with Crippen LogP contribution in [0.3, 0.4) is 0 Å². The highest BCUT2D eigenvalue weighted by molar-refractivity contribution is 5.79. The van der Waals surface area contributed by atoms with E-state index in [-0.39, 0.29) is 6.54 Å². The number of amides is 2. The fourth-order valence-corrected chi connectivity index (χ4v) is 0.788. The molecule has 0 spiro atoms. The smallest absolute Gasteiger partial charge is 0.337 e. The Labute approximate surface area is 94.0 Å². The Morgan fingerprint density at radius 2 is 2.06 bits per heavy atom. The van der Waals surface area contributed by atoms with Crippen LogP contribution in [0.2, 0.25) is 0 Å². The zero-order valence-electron chi connectivity index (χ0n) is 9.69. The van der Waals surface area contributed by atoms with Crippen LogP contribution in [0.25, 0.3) is 0 Å². The molecule has 7 nitrogen and oxygen atoms in total. The fraction of sp³-hybridized carbons (Fsp3) is 0.778. The summed E-state index contributed by atoms with van der Waals surface area (Å²) in [7, 11) is 3.06. The van der Waals surface area contributed by atoms with Gasteiger partial charge in [0.25, 0.3) is 0 Å². The molecule has 94 valence electrons. The summed E-state index contributed by atoms with van der Waals surface area (Å²) in [5.41, 5.74) is -1.96. The van der Waals surface area contributed by atoms with Gasteiger partial charge in [-0.1, -0.05) is 0 Å². The van der Waals surface area contributed by atoms with E-state index >= 15 is 0 Å². The summed E-state index contributed by atoms with van der Waals surface area (Å²) in [5, 5.41) is 20.3. The molecule has 16 heavy (non-hydrogen) atoms. The molecule has 7 heteroatoms. The Morgan fingerprint density at radius 1 is 1.50 bits per heavy atom. The summed E-state index contributed by atoms with van der Waals surface area (Å²) in [5.74, 6) is -1.38. The van der Waals surface area contributed by atoms with Crippen LogP contribution in [0.15, 0.2) is 0 Å². The summed E-state index contributed by atoms with van der Waals surface area (Å²) >= 11 is 0. The van der Waals surface area contributed by atoms with Crippen LogP contribution in [0, 0.1) is 0 Å². The quantitative estimate of drug-likeness (QED) is 0.553. The second kappa shape index (κ2) is 6.29. The van der Waals surface area contributed by atoms with Crippen molar-refractivity contribution >= 4 is 12.0 Å². The lowest BCUT2D eigenvalue weighted by atomic mass is 10.1. The molecule has 0 heterocycles. The number of carbonyl (C=O) groups is 2. The molecule has 0 radical (unpaired) electrons. The van der Waals surface area contributed by atoms with Gasteiger partial charge in [0.15, 0.2) is 5.60 Å². The average Bonchev–Trinajstić information content (AvgIpc) is 2.22. The van der Waals surface area contributed by atoms with Gasteiger partial charge in [-0.2, -0.15) is 0 Å². The van der Waals surface area contributed by atoms with Crippen LogP contribution in [-0.2, 0) is 9.53 Å². The van der Waals surface area contributed by atoms with E-state index in [2.05, 4.69) is 5.32 Å². The minimum Gasteiger partial charge on any atom is -0.479 e. The molecule has 0 saturated heterocycles. The fourth-order valence-electron chi connectivity index (χ4n) is 0.788. The molecular formula is C9H18N2O5. The van der Waals surface area contributed by atoms with Gasteiger partial charge in [-0.25, -0.2) is 9.59 Å². The first kappa shape index (κ1) is 14.7. The molecule has 0 saturated carbocycles. The summed E-state index contributed by atoms with van der Waals surface area (Å²) in [6, 6.07) is -0.460. The van der Waals surface area contributed by atoms with Crippen LogP contribution in [0.1, 0.15) is 6.92 Å². The van der Waals surface area contributed by atoms with Crippen molar-refractivity contribution < 1.29 is 24.5 Å². The minimum atomic E-state index is -1.96. The molecule has 0 aliphatic rings. The molecule has 1 atom stereocenters. The van der Waals surface area contributed by atoms with Crippen molar-refractivity contribution in [3.63, 3.8) is 0 Å². The Bertz CT molecular complexity index is 254. The predicted molar refractivity (Wildman–Crippen MR) is 56.2 cm³/mol. The molecule has 0 aliphatic heterocycles. The molecule has 3 N–H and O–H groups in total. The molecule has 2 amide bonds. The summed E-state index contributed by atoms with van der Waals surface area (Å²) in [4.78, 5) is 23.2. The molecule has 0 rings (SSSR count). The lowest BCUT2D eigenvalue weighted by molar-refractivity contribution is -0.155. The van der Waals surface area contributed by atoms with Gasteiger partial charge in [0.05, 0.1) is 13.2 Å². The van der Waals surface area contributed by atoms with E-state index in [1.807, 2.05) is 0 Å². The highest BCUT2D eigenvalue weighted by Gasteiger charge is 2.30. The summed E-state index contributed by atoms with van der Waals surface area (Å²) in [6.45, 7) is 1.54. The van der Waals surface area contributed by atoms with Gasteiger partial charge < -0.3 is 25.2 Å². The third-order valence-electron chi connectivity index (χ3n) is 2.02. The molecule has 1 unspecified atom stereocenters. The lowest BCUT2D eigenvalue weighted by Crippen LogP contribution is -2.49. The van der Waals surface area contributed by atoms with Crippen molar-refractivity contribution in [1.82, 2.24) is 10.2 Å². The predicted octanol–water partition coefficient (Wildman–Crippen LogP) is -0.890. The number of hydrogen-bond acceptors (Lipinski definition) is 4. The van der Waals surface area contributed by atoms with Crippen LogP contribution >= 0.6 is 0 Å². The van der Waals surface area contributed by atoms with Gasteiger partial charge in [0, 0.05) is 20.7 Å². The number of aliphatic carboxylic acids is 1. The third-order valence-corrected chi connectivity index (χ3v) is 2.02. The number of aliphatic hydroxyl groups is 1. The van der Waals surface area contributed by atoms with Gasteiger partial charge in [0.1, 0.15) is 0 Å². The number of rotatable bonds is 6. The molecule has 0 bridgehead atoms. The highest BCUT2D eigenvalue weighted by atomic mass is 16.5. The van der Waals surface area contributed by atoms with Crippen LogP contribution < -0.4 is 5.32 Å². The largest absolute Gasteiger partial charge is 0.479 e. The van der Waals surface area contributed by atoms with E-state index in [0.717, 1.165) is 6.92 Å². The standard InChI is InChI=1S/C9H18N2O5/c1-9(15,7(12)13)6-10-8(14)11(2)4-5-16-3/h15H,4-6H2,1-3H3,(H,10,14)(H,12,13). The third kappa shape index (κ3) is 4.94. The number of methoxy groups -OCH3 is 1. The number of carboxylic acids is 1. The van der Waals surface area contributed by atoms with Gasteiger partial charge in [-0.15, -0.1) is 0 Å². The number of hydrogen-bond donors (Lipinski definition) is 3. The number of carbonyl (C=O) groups excluding carboxylic acids is 1. The van der Waals surface area contributed by atoms with E-state index in [1.165, 1.54) is 12.0 Å². The van der Waals surface area contributed by atoms with E-state index in [4.69, 9.17) is 9.84 Å². The van der Waals surface area contributed by atoms with Gasteiger partial charge in [-0.3, -0.25) is 0 Å². The molecular weight excluding hydrogens is 216 g/mol. The first-order chi connectivity index (χ1) is 7.31. The second-order valence-electron chi connectivity index (χ2n) is 3.65. The number of likely N-dealkylation sites (N-methyl/N-ethyl adjacent to an activating group) is 1. The van der Waals surface area contributed by atoms with Crippen LogP contribution in [-0.4, -0.2) is 66.6 Å². The molecule has 0 aromatic heterocycles. The Morgan fingerprint density at radius 3 is 2.50 bits per heavy atom. The first-order valence-corrected chi connectivity index (χ1v) is 4.75. The summed E-state index contributed by atoms with van der Waals surface area (Å²) in [6.07, 6.45) is 0. The van der Waals surface area contributed by atoms with E-state index in [9.17, 15) is 14.7 Å². The van der Waals surface area contributed by atoms with E-state index in [0.29, 0.717) is 13.2 Å². The zero-order chi connectivity index (χ0) is 12.8. The molecule has 0 fully saturated rings. The zero-order valence-corrected chi connectivity index (χ0v) is 9.69. The highest BCUT2D eigenvalue weighted by Crippen LogP contribution is 2.01. The van der Waals surface area contributed by atoms with Gasteiger partial charge in [0.2, 0.25) is 0 Å². The maximum absolute atomic E-state index is 11.4. The SMILES string of the molecule is COCCN(C)C(=O)NCC(C)(O)C(=O)O. The number of carboxylic acid groups (broad SMARTS) is 1. The first-order valence-electron chi connectivity index (χ1n) is 4.75. The van der Waals surface area contributed by atoms with Crippen LogP contribution in [0.5, 0.6) is 0 Å². The number of nitrogens with one attached hydrogen (secondary N) is 1. The maximum atomic E-state index is 11.4. The lowest BCUT2D eigenvalue weighted by Gasteiger charge is -2.22. The Balaban J connectivity index is 4.02. The van der Waals surface area contributed by atoms with Crippen molar-refractivity contribution in [3.05, 3.63) is 0 Å². The Kier molecular flexibility index (Phi) is 5.76. The topological polar surface area (TPSA) is 99.1 Å². The van der Waals surface area contributed by atoms with Crippen molar-refractivity contribution in [1.29, 1.82) is 0 Å². The van der Waals surface area contributed by atoms with Crippen molar-refractivity contribution in [2.75, 3.05) is 33.9 Å². The van der Waals surface area contributed by atoms with E-state index in [1.54, 1.807) is 7.05 Å².